The first-order valence-corrected chi connectivity index (χ1v) is 5.44. The van der Waals surface area contributed by atoms with Crippen LogP contribution in [-0.4, -0.2) is 12.7 Å². The van der Waals surface area contributed by atoms with Gasteiger partial charge in [0, 0.05) is 16.2 Å². The molecule has 0 saturated carbocycles. The van der Waals surface area contributed by atoms with E-state index in [9.17, 15) is 4.39 Å². The number of benzene rings is 1. The molecule has 0 radical (unpaired) electrons. The normalized spacial score (nSPS) is 21.2. The molecule has 0 saturated heterocycles. The average molecular weight is 291 g/mol. The number of alkyl halides is 1. The summed E-state index contributed by atoms with van der Waals surface area (Å²) in [5.41, 5.74) is 2.61. The Labute approximate surface area is 90.9 Å². The van der Waals surface area contributed by atoms with Crippen LogP contribution in [0.2, 0.25) is 0 Å². The molecule has 13 heavy (non-hydrogen) atoms. The van der Waals surface area contributed by atoms with Crippen LogP contribution in [-0.2, 0) is 13.0 Å². The molecular formula is C10H11FIN. The van der Waals surface area contributed by atoms with Crippen LogP contribution >= 0.6 is 22.6 Å². The molecule has 1 aliphatic heterocycles. The van der Waals surface area contributed by atoms with Gasteiger partial charge in [-0.05, 0) is 52.3 Å². The van der Waals surface area contributed by atoms with E-state index in [0.717, 1.165) is 13.0 Å². The molecule has 0 aromatic heterocycles. The molecule has 1 nitrogen and oxygen atoms in total. The Bertz CT molecular complexity index is 314. The van der Waals surface area contributed by atoms with E-state index in [-0.39, 0.29) is 12.7 Å². The summed E-state index contributed by atoms with van der Waals surface area (Å²) in [4.78, 5) is 0. The minimum absolute atomic E-state index is 0.0209. The van der Waals surface area contributed by atoms with Crippen molar-refractivity contribution in [3.05, 3.63) is 32.9 Å². The molecule has 2 rings (SSSR count). The van der Waals surface area contributed by atoms with Crippen LogP contribution in [0.15, 0.2) is 18.2 Å². The van der Waals surface area contributed by atoms with E-state index in [1.807, 2.05) is 0 Å². The lowest BCUT2D eigenvalue weighted by molar-refractivity contribution is 0.359. The fourth-order valence-corrected chi connectivity index (χ4v) is 2.21. The van der Waals surface area contributed by atoms with E-state index in [0.29, 0.717) is 0 Å². The van der Waals surface area contributed by atoms with Crippen LogP contribution in [0.25, 0.3) is 0 Å². The van der Waals surface area contributed by atoms with Crippen LogP contribution in [0.1, 0.15) is 11.1 Å². The Kier molecular flexibility index (Phi) is 2.83. The number of rotatable bonds is 1. The Morgan fingerprint density at radius 3 is 3.08 bits per heavy atom. The summed E-state index contributed by atoms with van der Waals surface area (Å²) in [5, 5.41) is 3.17. The monoisotopic (exact) mass is 291 g/mol. The van der Waals surface area contributed by atoms with Crippen LogP contribution < -0.4 is 5.32 Å². The fraction of sp³-hybridized carbons (Fsp3) is 0.400. The van der Waals surface area contributed by atoms with E-state index >= 15 is 0 Å². The number of fused-ring (bicyclic) bond motifs is 1. The summed E-state index contributed by atoms with van der Waals surface area (Å²) < 4.78 is 13.6. The molecular weight excluding hydrogens is 280 g/mol. The highest BCUT2D eigenvalue weighted by molar-refractivity contribution is 14.1. The number of nitrogens with one attached hydrogen (secondary N) is 1. The van der Waals surface area contributed by atoms with Gasteiger partial charge in [0.25, 0.3) is 0 Å². The van der Waals surface area contributed by atoms with E-state index in [1.54, 1.807) is 0 Å². The van der Waals surface area contributed by atoms with Crippen molar-refractivity contribution >= 4 is 22.6 Å². The largest absolute Gasteiger partial charge is 0.307 e. The lowest BCUT2D eigenvalue weighted by Crippen LogP contribution is -2.37. The van der Waals surface area contributed by atoms with E-state index in [4.69, 9.17) is 0 Å². The van der Waals surface area contributed by atoms with Crippen molar-refractivity contribution in [2.45, 2.75) is 19.0 Å². The molecule has 1 atom stereocenters. The van der Waals surface area contributed by atoms with Gasteiger partial charge >= 0.3 is 0 Å². The molecule has 1 N–H and O–H groups in total. The topological polar surface area (TPSA) is 12.0 Å². The molecule has 1 aromatic carbocycles. The quantitative estimate of drug-likeness (QED) is 0.783. The van der Waals surface area contributed by atoms with Crippen LogP contribution in [0, 0.1) is 3.57 Å². The Morgan fingerprint density at radius 2 is 2.31 bits per heavy atom. The maximum absolute atomic E-state index is 12.4. The molecule has 0 fully saturated rings. The summed E-state index contributed by atoms with van der Waals surface area (Å²) >= 11 is 2.30. The summed E-state index contributed by atoms with van der Waals surface area (Å²) in [7, 11) is 0. The maximum atomic E-state index is 12.4. The highest BCUT2D eigenvalue weighted by Gasteiger charge is 2.17. The van der Waals surface area contributed by atoms with Gasteiger partial charge in [0.1, 0.15) is 6.67 Å². The highest BCUT2D eigenvalue weighted by atomic mass is 127. The maximum Gasteiger partial charge on any atom is 0.105 e. The first-order valence-electron chi connectivity index (χ1n) is 4.36. The molecule has 1 aliphatic rings. The van der Waals surface area contributed by atoms with Gasteiger partial charge in [0.2, 0.25) is 0 Å². The zero-order valence-corrected chi connectivity index (χ0v) is 9.34. The van der Waals surface area contributed by atoms with Crippen molar-refractivity contribution in [3.63, 3.8) is 0 Å². The summed E-state index contributed by atoms with van der Waals surface area (Å²) in [6, 6.07) is 6.38. The molecule has 0 unspecified atom stereocenters. The predicted molar refractivity (Wildman–Crippen MR) is 59.5 cm³/mol. The SMILES string of the molecule is FC[C@@H]1Cc2ccc(I)cc2CN1. The molecule has 1 aromatic rings. The van der Waals surface area contributed by atoms with Gasteiger partial charge < -0.3 is 5.32 Å². The molecule has 0 spiro atoms. The third-order valence-electron chi connectivity index (χ3n) is 2.40. The van der Waals surface area contributed by atoms with Gasteiger partial charge in [-0.2, -0.15) is 0 Å². The first kappa shape index (κ1) is 9.40. The van der Waals surface area contributed by atoms with Crippen molar-refractivity contribution in [3.8, 4) is 0 Å². The molecule has 70 valence electrons. The first-order chi connectivity index (χ1) is 6.29. The molecule has 0 bridgehead atoms. The standard InChI is InChI=1S/C10H11FIN/c11-5-10-4-7-1-2-9(12)3-8(7)6-13-10/h1-3,10,13H,4-6H2/t10-/m0/s1. The highest BCUT2D eigenvalue weighted by Crippen LogP contribution is 2.19. The minimum Gasteiger partial charge on any atom is -0.307 e. The van der Waals surface area contributed by atoms with Crippen LogP contribution in [0.3, 0.4) is 0 Å². The third-order valence-corrected chi connectivity index (χ3v) is 3.07. The second-order valence-corrected chi connectivity index (χ2v) is 4.59. The average Bonchev–Trinajstić information content (AvgIpc) is 2.17. The van der Waals surface area contributed by atoms with Crippen molar-refractivity contribution in [2.24, 2.45) is 0 Å². The van der Waals surface area contributed by atoms with Crippen LogP contribution in [0.4, 0.5) is 4.39 Å². The van der Waals surface area contributed by atoms with Gasteiger partial charge in [-0.3, -0.25) is 0 Å². The van der Waals surface area contributed by atoms with E-state index in [1.165, 1.54) is 14.7 Å². The molecule has 0 aliphatic carbocycles. The van der Waals surface area contributed by atoms with Crippen molar-refractivity contribution in [1.29, 1.82) is 0 Å². The Balaban J connectivity index is 2.26. The fourth-order valence-electron chi connectivity index (χ4n) is 1.66. The number of hydrogen-bond donors (Lipinski definition) is 1. The Hall–Kier alpha value is -0.160. The second-order valence-electron chi connectivity index (χ2n) is 3.35. The van der Waals surface area contributed by atoms with E-state index < -0.39 is 0 Å². The lowest BCUT2D eigenvalue weighted by Gasteiger charge is -2.23. The zero-order chi connectivity index (χ0) is 9.26. The summed E-state index contributed by atoms with van der Waals surface area (Å²) in [6.07, 6.45) is 0.822. The van der Waals surface area contributed by atoms with Gasteiger partial charge in [0.05, 0.1) is 0 Å². The van der Waals surface area contributed by atoms with Gasteiger partial charge in [0.15, 0.2) is 0 Å². The van der Waals surface area contributed by atoms with Crippen molar-refractivity contribution < 1.29 is 4.39 Å². The number of hydrogen-bond acceptors (Lipinski definition) is 1. The minimum atomic E-state index is -0.272. The van der Waals surface area contributed by atoms with Gasteiger partial charge in [-0.15, -0.1) is 0 Å². The number of halogens is 2. The van der Waals surface area contributed by atoms with E-state index in [2.05, 4.69) is 46.1 Å². The lowest BCUT2D eigenvalue weighted by atomic mass is 9.97. The van der Waals surface area contributed by atoms with Crippen molar-refractivity contribution in [2.75, 3.05) is 6.67 Å². The predicted octanol–water partition coefficient (Wildman–Crippen LogP) is 2.27. The van der Waals surface area contributed by atoms with Gasteiger partial charge in [-0.1, -0.05) is 6.07 Å². The molecule has 3 heteroatoms. The zero-order valence-electron chi connectivity index (χ0n) is 7.19. The Morgan fingerprint density at radius 1 is 1.46 bits per heavy atom. The third kappa shape index (κ3) is 2.02. The second kappa shape index (κ2) is 3.92. The van der Waals surface area contributed by atoms with Gasteiger partial charge in [-0.25, -0.2) is 4.39 Å². The van der Waals surface area contributed by atoms with Crippen LogP contribution in [0.5, 0.6) is 0 Å². The smallest absolute Gasteiger partial charge is 0.105 e. The summed E-state index contributed by atoms with van der Waals surface area (Å²) in [5.74, 6) is 0. The van der Waals surface area contributed by atoms with Crippen molar-refractivity contribution in [1.82, 2.24) is 5.32 Å². The summed E-state index contributed by atoms with van der Waals surface area (Å²) in [6.45, 7) is 0.534. The molecule has 0 amide bonds. The molecule has 1 heterocycles.